The van der Waals surface area contributed by atoms with Crippen molar-refractivity contribution < 1.29 is 9.15 Å². The molecule has 0 saturated heterocycles. The van der Waals surface area contributed by atoms with E-state index >= 15 is 0 Å². The Kier molecular flexibility index (Phi) is 5.89. The van der Waals surface area contributed by atoms with Crippen LogP contribution in [-0.2, 0) is 6.42 Å². The van der Waals surface area contributed by atoms with Crippen molar-refractivity contribution in [2.75, 3.05) is 7.11 Å². The topological polar surface area (TPSA) is 35.3 Å². The van der Waals surface area contributed by atoms with Gasteiger partial charge in [-0.15, -0.1) is 0 Å². The van der Waals surface area contributed by atoms with E-state index in [1.54, 1.807) is 7.11 Å². The summed E-state index contributed by atoms with van der Waals surface area (Å²) in [4.78, 5) is 4.99. The van der Waals surface area contributed by atoms with Gasteiger partial charge in [-0.25, -0.2) is 4.98 Å². The van der Waals surface area contributed by atoms with Gasteiger partial charge < -0.3 is 9.15 Å². The molecule has 0 spiro atoms. The van der Waals surface area contributed by atoms with Gasteiger partial charge in [0.05, 0.1) is 7.11 Å². The van der Waals surface area contributed by atoms with Crippen LogP contribution >= 0.6 is 0 Å². The Balaban J connectivity index is 1.44. The number of methoxy groups -OCH3 is 1. The maximum absolute atomic E-state index is 6.43. The predicted molar refractivity (Wildman–Crippen MR) is 129 cm³/mol. The Bertz CT molecular complexity index is 1150. The van der Waals surface area contributed by atoms with E-state index in [4.69, 9.17) is 14.1 Å². The second-order valence-electron chi connectivity index (χ2n) is 8.36. The van der Waals surface area contributed by atoms with E-state index in [0.717, 1.165) is 53.5 Å². The van der Waals surface area contributed by atoms with E-state index in [1.165, 1.54) is 17.6 Å². The average Bonchev–Trinajstić information content (AvgIpc) is 3.31. The maximum Gasteiger partial charge on any atom is 0.222 e. The molecule has 3 heteroatoms. The quantitative estimate of drug-likeness (QED) is 0.324. The molecular weight excluding hydrogens is 394 g/mol. The molecule has 0 fully saturated rings. The van der Waals surface area contributed by atoms with Crippen molar-refractivity contribution in [3.05, 3.63) is 102 Å². The molecule has 32 heavy (non-hydrogen) atoms. The Morgan fingerprint density at radius 3 is 2.41 bits per heavy atom. The van der Waals surface area contributed by atoms with Crippen LogP contribution in [0.3, 0.4) is 0 Å². The summed E-state index contributed by atoms with van der Waals surface area (Å²) in [6.07, 6.45) is 6.54. The van der Waals surface area contributed by atoms with Gasteiger partial charge in [-0.1, -0.05) is 78.9 Å². The van der Waals surface area contributed by atoms with E-state index in [-0.39, 0.29) is 0 Å². The summed E-state index contributed by atoms with van der Waals surface area (Å²) < 4.78 is 11.8. The molecule has 1 aliphatic rings. The zero-order chi connectivity index (χ0) is 21.8. The number of aromatic nitrogens is 1. The number of rotatable bonds is 6. The Morgan fingerprint density at radius 1 is 0.906 bits per heavy atom. The van der Waals surface area contributed by atoms with Gasteiger partial charge in [-0.2, -0.15) is 0 Å². The molecule has 0 bridgehead atoms. The van der Waals surface area contributed by atoms with Crippen LogP contribution in [0.25, 0.3) is 28.2 Å². The smallest absolute Gasteiger partial charge is 0.222 e. The number of ether oxygens (including phenoxy) is 1. The van der Waals surface area contributed by atoms with Crippen molar-refractivity contribution in [1.82, 2.24) is 4.98 Å². The summed E-state index contributed by atoms with van der Waals surface area (Å²) in [5.74, 6) is 3.07. The van der Waals surface area contributed by atoms with Crippen LogP contribution < -0.4 is 4.74 Å². The second-order valence-corrected chi connectivity index (χ2v) is 8.36. The monoisotopic (exact) mass is 421 g/mol. The van der Waals surface area contributed by atoms with Crippen molar-refractivity contribution in [3.63, 3.8) is 0 Å². The lowest BCUT2D eigenvalue weighted by molar-refractivity contribution is 0.413. The van der Waals surface area contributed by atoms with Crippen LogP contribution in [0.2, 0.25) is 0 Å². The number of hydrogen-bond donors (Lipinski definition) is 0. The van der Waals surface area contributed by atoms with E-state index in [0.29, 0.717) is 5.92 Å². The molecule has 0 aliphatic heterocycles. The third-order valence-corrected chi connectivity index (χ3v) is 6.12. The minimum absolute atomic E-state index is 0.564. The van der Waals surface area contributed by atoms with Gasteiger partial charge in [0.25, 0.3) is 0 Å². The van der Waals surface area contributed by atoms with E-state index < -0.39 is 0 Å². The predicted octanol–water partition coefficient (Wildman–Crippen LogP) is 7.44. The first-order chi connectivity index (χ1) is 15.8. The van der Waals surface area contributed by atoms with Crippen molar-refractivity contribution in [3.8, 4) is 28.3 Å². The lowest BCUT2D eigenvalue weighted by Crippen LogP contribution is -2.09. The normalized spacial score (nSPS) is 15.9. The molecule has 1 aromatic heterocycles. The van der Waals surface area contributed by atoms with Crippen LogP contribution in [0, 0.1) is 5.92 Å². The molecule has 0 N–H and O–H groups in total. The highest BCUT2D eigenvalue weighted by molar-refractivity contribution is 5.78. The summed E-state index contributed by atoms with van der Waals surface area (Å²) in [5.41, 5.74) is 5.56. The van der Waals surface area contributed by atoms with Crippen LogP contribution in [0.5, 0.6) is 5.75 Å². The molecule has 5 rings (SSSR count). The molecule has 0 saturated carbocycles. The van der Waals surface area contributed by atoms with Crippen molar-refractivity contribution in [1.29, 1.82) is 0 Å². The van der Waals surface area contributed by atoms with Gasteiger partial charge in [-0.05, 0) is 49.3 Å². The van der Waals surface area contributed by atoms with Crippen LogP contribution in [0.1, 0.15) is 30.7 Å². The number of allylic oxidation sites excluding steroid dienone is 2. The fraction of sp³-hybridized carbons (Fsp3) is 0.207. The van der Waals surface area contributed by atoms with Crippen LogP contribution in [-0.4, -0.2) is 12.1 Å². The van der Waals surface area contributed by atoms with Gasteiger partial charge >= 0.3 is 0 Å². The number of benzene rings is 3. The molecule has 1 atom stereocenters. The minimum Gasteiger partial charge on any atom is -0.497 e. The molecular formula is C29H27NO2. The largest absolute Gasteiger partial charge is 0.497 e. The zero-order valence-electron chi connectivity index (χ0n) is 18.3. The lowest BCUT2D eigenvalue weighted by atomic mass is 9.84. The molecule has 160 valence electrons. The SMILES string of the molecule is COc1cccc(CC2CCC=C(c3nc(-c4ccccc4)c(-c4ccccc4)o3)C2)c1. The molecule has 4 aromatic rings. The van der Waals surface area contributed by atoms with E-state index in [1.807, 2.05) is 42.5 Å². The highest BCUT2D eigenvalue weighted by Crippen LogP contribution is 2.38. The number of hydrogen-bond acceptors (Lipinski definition) is 3. The highest BCUT2D eigenvalue weighted by Gasteiger charge is 2.23. The van der Waals surface area contributed by atoms with E-state index in [2.05, 4.69) is 48.5 Å². The minimum atomic E-state index is 0.564. The number of nitrogens with zero attached hydrogens (tertiary/aromatic N) is 1. The Hall–Kier alpha value is -3.59. The first-order valence-corrected chi connectivity index (χ1v) is 11.2. The standard InChI is InChI=1S/C29H27NO2/c1-31-26-17-9-11-22(20-26)18-21-10-8-16-25(19-21)29-30-27(23-12-4-2-5-13-23)28(32-29)24-14-6-3-7-15-24/h2-7,9,11-17,20-21H,8,10,18-19H2,1H3. The fourth-order valence-corrected chi connectivity index (χ4v) is 4.51. The summed E-state index contributed by atoms with van der Waals surface area (Å²) in [6, 6.07) is 29.0. The summed E-state index contributed by atoms with van der Waals surface area (Å²) >= 11 is 0. The first kappa shape index (κ1) is 20.3. The third kappa shape index (κ3) is 4.38. The summed E-state index contributed by atoms with van der Waals surface area (Å²) in [7, 11) is 1.72. The molecule has 3 nitrogen and oxygen atoms in total. The van der Waals surface area contributed by atoms with Crippen LogP contribution in [0.15, 0.2) is 95.4 Å². The van der Waals surface area contributed by atoms with E-state index in [9.17, 15) is 0 Å². The fourth-order valence-electron chi connectivity index (χ4n) is 4.51. The molecule has 0 radical (unpaired) electrons. The lowest BCUT2D eigenvalue weighted by Gasteiger charge is -2.21. The molecule has 0 amide bonds. The van der Waals surface area contributed by atoms with Gasteiger partial charge in [-0.3, -0.25) is 0 Å². The third-order valence-electron chi connectivity index (χ3n) is 6.12. The second kappa shape index (κ2) is 9.27. The van der Waals surface area contributed by atoms with Gasteiger partial charge in [0.15, 0.2) is 5.76 Å². The molecule has 1 aliphatic carbocycles. The summed E-state index contributed by atoms with van der Waals surface area (Å²) in [6.45, 7) is 0. The zero-order valence-corrected chi connectivity index (χ0v) is 18.3. The Labute approximate surface area is 189 Å². The highest BCUT2D eigenvalue weighted by atomic mass is 16.5. The van der Waals surface area contributed by atoms with Crippen molar-refractivity contribution in [2.45, 2.75) is 25.7 Å². The van der Waals surface area contributed by atoms with Crippen molar-refractivity contribution in [2.24, 2.45) is 5.92 Å². The first-order valence-electron chi connectivity index (χ1n) is 11.2. The molecule has 3 aromatic carbocycles. The maximum atomic E-state index is 6.43. The molecule has 1 unspecified atom stereocenters. The molecule has 1 heterocycles. The van der Waals surface area contributed by atoms with Crippen LogP contribution in [0.4, 0.5) is 0 Å². The van der Waals surface area contributed by atoms with Gasteiger partial charge in [0.1, 0.15) is 11.4 Å². The average molecular weight is 422 g/mol. The number of oxazole rings is 1. The Morgan fingerprint density at radius 2 is 1.66 bits per heavy atom. The van der Waals surface area contributed by atoms with Crippen molar-refractivity contribution >= 4 is 5.57 Å². The summed E-state index contributed by atoms with van der Waals surface area (Å²) in [5, 5.41) is 0. The van der Waals surface area contributed by atoms with Gasteiger partial charge in [0.2, 0.25) is 5.89 Å². The van der Waals surface area contributed by atoms with Gasteiger partial charge in [0, 0.05) is 16.7 Å².